The zero-order valence-corrected chi connectivity index (χ0v) is 9.99. The fraction of sp³-hybridized carbons (Fsp3) is 0.385. The normalized spacial score (nSPS) is 19.3. The maximum Gasteiger partial charge on any atom is 0.0594 e. The van der Waals surface area contributed by atoms with E-state index in [1.807, 2.05) is 18.2 Å². The summed E-state index contributed by atoms with van der Waals surface area (Å²) in [7, 11) is 0. The van der Waals surface area contributed by atoms with Crippen molar-refractivity contribution in [3.8, 4) is 0 Å². The molecular formula is C13H16ClNO. The molecule has 1 aliphatic rings. The lowest BCUT2D eigenvalue weighted by atomic mass is 10.1. The quantitative estimate of drug-likeness (QED) is 0.750. The van der Waals surface area contributed by atoms with E-state index in [4.69, 9.17) is 16.3 Å². The van der Waals surface area contributed by atoms with Crippen molar-refractivity contribution in [3.05, 3.63) is 47.5 Å². The van der Waals surface area contributed by atoms with Crippen molar-refractivity contribution in [3.63, 3.8) is 0 Å². The molecule has 3 heteroatoms. The summed E-state index contributed by atoms with van der Waals surface area (Å²) in [6, 6.07) is 8.23. The summed E-state index contributed by atoms with van der Waals surface area (Å²) >= 11 is 5.89. The number of rotatable bonds is 3. The molecule has 16 heavy (non-hydrogen) atoms. The summed E-state index contributed by atoms with van der Waals surface area (Å²) in [5, 5.41) is 0.772. The van der Waals surface area contributed by atoms with Gasteiger partial charge in [0.25, 0.3) is 0 Å². The average Bonchev–Trinajstić information content (AvgIpc) is 2.34. The molecule has 0 radical (unpaired) electrons. The van der Waals surface area contributed by atoms with Crippen molar-refractivity contribution >= 4 is 11.6 Å². The topological polar surface area (TPSA) is 12.5 Å². The number of hydrogen-bond donors (Lipinski definition) is 0. The molecular weight excluding hydrogens is 222 g/mol. The molecule has 1 atom stereocenters. The fourth-order valence-electron chi connectivity index (χ4n) is 2.01. The first-order valence-corrected chi connectivity index (χ1v) is 5.89. The molecule has 1 fully saturated rings. The SMILES string of the molecule is C=CC(c1ccc(Cl)cc1)N1CCOCC1. The zero-order valence-electron chi connectivity index (χ0n) is 9.23. The van der Waals surface area contributed by atoms with Gasteiger partial charge in [-0.3, -0.25) is 4.90 Å². The monoisotopic (exact) mass is 237 g/mol. The number of ether oxygens (including phenoxy) is 1. The average molecular weight is 238 g/mol. The predicted octanol–water partition coefficient (Wildman–Crippen LogP) is 2.90. The summed E-state index contributed by atoms with van der Waals surface area (Å²) in [6.07, 6.45) is 1.98. The maximum absolute atomic E-state index is 5.89. The van der Waals surface area contributed by atoms with Crippen LogP contribution in [0.15, 0.2) is 36.9 Å². The molecule has 1 aromatic rings. The molecule has 0 amide bonds. The van der Waals surface area contributed by atoms with Gasteiger partial charge in [0.05, 0.1) is 19.3 Å². The zero-order chi connectivity index (χ0) is 11.4. The summed E-state index contributed by atoms with van der Waals surface area (Å²) in [5.41, 5.74) is 1.24. The Morgan fingerprint density at radius 1 is 1.25 bits per heavy atom. The Labute approximate surface area is 101 Å². The van der Waals surface area contributed by atoms with E-state index in [0.717, 1.165) is 31.3 Å². The van der Waals surface area contributed by atoms with E-state index in [0.29, 0.717) is 0 Å². The van der Waals surface area contributed by atoms with Gasteiger partial charge in [0.2, 0.25) is 0 Å². The smallest absolute Gasteiger partial charge is 0.0594 e. The number of halogens is 1. The Kier molecular flexibility index (Phi) is 3.99. The van der Waals surface area contributed by atoms with Crippen molar-refractivity contribution < 1.29 is 4.74 Å². The summed E-state index contributed by atoms with van der Waals surface area (Å²) in [5.74, 6) is 0. The number of hydrogen-bond acceptors (Lipinski definition) is 2. The predicted molar refractivity (Wildman–Crippen MR) is 66.8 cm³/mol. The molecule has 0 bridgehead atoms. The Bertz CT molecular complexity index is 343. The minimum Gasteiger partial charge on any atom is -0.379 e. The van der Waals surface area contributed by atoms with Crippen LogP contribution < -0.4 is 0 Å². The van der Waals surface area contributed by atoms with Gasteiger partial charge in [-0.25, -0.2) is 0 Å². The Balaban J connectivity index is 2.14. The van der Waals surface area contributed by atoms with Gasteiger partial charge in [0.15, 0.2) is 0 Å². The van der Waals surface area contributed by atoms with E-state index in [-0.39, 0.29) is 6.04 Å². The van der Waals surface area contributed by atoms with Gasteiger partial charge in [0, 0.05) is 18.1 Å². The van der Waals surface area contributed by atoms with Gasteiger partial charge in [0.1, 0.15) is 0 Å². The first-order chi connectivity index (χ1) is 7.81. The van der Waals surface area contributed by atoms with Crippen molar-refractivity contribution in [2.24, 2.45) is 0 Å². The van der Waals surface area contributed by atoms with Gasteiger partial charge >= 0.3 is 0 Å². The third-order valence-corrected chi connectivity index (χ3v) is 3.13. The number of morpholine rings is 1. The minimum atomic E-state index is 0.265. The second-order valence-corrected chi connectivity index (χ2v) is 4.32. The molecule has 0 aromatic heterocycles. The van der Waals surface area contributed by atoms with Crippen molar-refractivity contribution in [2.75, 3.05) is 26.3 Å². The van der Waals surface area contributed by atoms with E-state index in [2.05, 4.69) is 23.6 Å². The second kappa shape index (κ2) is 5.48. The van der Waals surface area contributed by atoms with Crippen LogP contribution in [-0.4, -0.2) is 31.2 Å². The first kappa shape index (κ1) is 11.6. The third kappa shape index (κ3) is 2.64. The van der Waals surface area contributed by atoms with Crippen LogP contribution in [0.3, 0.4) is 0 Å². The van der Waals surface area contributed by atoms with Gasteiger partial charge in [-0.1, -0.05) is 29.8 Å². The molecule has 1 aromatic carbocycles. The number of nitrogens with zero attached hydrogens (tertiary/aromatic N) is 1. The Morgan fingerprint density at radius 2 is 1.88 bits per heavy atom. The molecule has 86 valence electrons. The van der Waals surface area contributed by atoms with E-state index < -0.39 is 0 Å². The Hall–Kier alpha value is -0.830. The van der Waals surface area contributed by atoms with E-state index in [9.17, 15) is 0 Å². The first-order valence-electron chi connectivity index (χ1n) is 5.51. The molecule has 0 saturated carbocycles. The van der Waals surface area contributed by atoms with Crippen LogP contribution in [0, 0.1) is 0 Å². The standard InChI is InChI=1S/C13H16ClNO/c1-2-13(15-7-9-16-10-8-15)11-3-5-12(14)6-4-11/h2-6,13H,1,7-10H2. The van der Waals surface area contributed by atoms with Crippen LogP contribution >= 0.6 is 11.6 Å². The molecule has 1 saturated heterocycles. The molecule has 2 nitrogen and oxygen atoms in total. The molecule has 1 heterocycles. The van der Waals surface area contributed by atoms with Crippen LogP contribution in [0.5, 0.6) is 0 Å². The lowest BCUT2D eigenvalue weighted by Gasteiger charge is -2.32. The highest BCUT2D eigenvalue weighted by atomic mass is 35.5. The molecule has 2 rings (SSSR count). The second-order valence-electron chi connectivity index (χ2n) is 3.88. The maximum atomic E-state index is 5.89. The fourth-order valence-corrected chi connectivity index (χ4v) is 2.14. The highest BCUT2D eigenvalue weighted by molar-refractivity contribution is 6.30. The molecule has 1 aliphatic heterocycles. The van der Waals surface area contributed by atoms with Crippen LogP contribution in [0.1, 0.15) is 11.6 Å². The van der Waals surface area contributed by atoms with Crippen molar-refractivity contribution in [2.45, 2.75) is 6.04 Å². The highest BCUT2D eigenvalue weighted by Crippen LogP contribution is 2.24. The summed E-state index contributed by atoms with van der Waals surface area (Å²) < 4.78 is 5.35. The number of benzene rings is 1. The lowest BCUT2D eigenvalue weighted by Crippen LogP contribution is -2.38. The van der Waals surface area contributed by atoms with E-state index >= 15 is 0 Å². The summed E-state index contributed by atoms with van der Waals surface area (Å²) in [6.45, 7) is 7.44. The van der Waals surface area contributed by atoms with Gasteiger partial charge in [-0.05, 0) is 17.7 Å². The molecule has 0 spiro atoms. The van der Waals surface area contributed by atoms with Gasteiger partial charge in [-0.15, -0.1) is 6.58 Å². The van der Waals surface area contributed by atoms with Crippen LogP contribution in [0.25, 0.3) is 0 Å². The highest BCUT2D eigenvalue weighted by Gasteiger charge is 2.19. The lowest BCUT2D eigenvalue weighted by molar-refractivity contribution is 0.0254. The van der Waals surface area contributed by atoms with Crippen molar-refractivity contribution in [1.29, 1.82) is 0 Å². The molecule has 0 N–H and O–H groups in total. The van der Waals surface area contributed by atoms with E-state index in [1.165, 1.54) is 5.56 Å². The molecule has 1 unspecified atom stereocenters. The summed E-state index contributed by atoms with van der Waals surface area (Å²) in [4.78, 5) is 2.37. The van der Waals surface area contributed by atoms with Crippen LogP contribution in [0.4, 0.5) is 0 Å². The minimum absolute atomic E-state index is 0.265. The van der Waals surface area contributed by atoms with Crippen LogP contribution in [0.2, 0.25) is 5.02 Å². The van der Waals surface area contributed by atoms with Gasteiger partial charge < -0.3 is 4.74 Å². The van der Waals surface area contributed by atoms with E-state index in [1.54, 1.807) is 0 Å². The third-order valence-electron chi connectivity index (χ3n) is 2.87. The van der Waals surface area contributed by atoms with Crippen LogP contribution in [-0.2, 0) is 4.74 Å². The van der Waals surface area contributed by atoms with Gasteiger partial charge in [-0.2, -0.15) is 0 Å². The molecule has 0 aliphatic carbocycles. The van der Waals surface area contributed by atoms with Crippen molar-refractivity contribution in [1.82, 2.24) is 4.90 Å². The Morgan fingerprint density at radius 3 is 2.44 bits per heavy atom. The largest absolute Gasteiger partial charge is 0.379 e.